The van der Waals surface area contributed by atoms with Crippen molar-refractivity contribution in [2.75, 3.05) is 12.0 Å². The Bertz CT molecular complexity index is 382. The normalized spacial score (nSPS) is 11.6. The number of carboxylic acid groups (broad SMARTS) is 1. The highest BCUT2D eigenvalue weighted by Crippen LogP contribution is 1.96. The highest BCUT2D eigenvalue weighted by Gasteiger charge is 2.11. The van der Waals surface area contributed by atoms with Gasteiger partial charge in [0.1, 0.15) is 11.9 Å². The summed E-state index contributed by atoms with van der Waals surface area (Å²) in [6, 6.07) is 4.44. The summed E-state index contributed by atoms with van der Waals surface area (Å²) in [6.45, 7) is 1.37. The van der Waals surface area contributed by atoms with Crippen molar-refractivity contribution < 1.29 is 14.7 Å². The molecule has 0 aliphatic rings. The Morgan fingerprint density at radius 3 is 2.82 bits per heavy atom. The van der Waals surface area contributed by atoms with E-state index in [1.54, 1.807) is 24.4 Å². The van der Waals surface area contributed by atoms with Gasteiger partial charge >= 0.3 is 5.97 Å². The first kappa shape index (κ1) is 12.9. The van der Waals surface area contributed by atoms with E-state index >= 15 is 0 Å². The minimum absolute atomic E-state index is 0.0900. The van der Waals surface area contributed by atoms with E-state index in [0.717, 1.165) is 0 Å². The molecule has 1 aromatic heterocycles. The molecule has 1 unspecified atom stereocenters. The fraction of sp³-hybridized carbons (Fsp3) is 0.300. The molecule has 0 saturated heterocycles. The highest BCUT2D eigenvalue weighted by molar-refractivity contribution is 5.80. The van der Waals surface area contributed by atoms with E-state index in [4.69, 9.17) is 5.11 Å². The number of hydrogen-bond donors (Lipinski definition) is 4. The Morgan fingerprint density at radius 2 is 2.24 bits per heavy atom. The van der Waals surface area contributed by atoms with Crippen molar-refractivity contribution in [3.63, 3.8) is 0 Å². The number of aromatic nitrogens is 1. The molecule has 7 heteroatoms. The molecule has 0 radical (unpaired) electrons. The molecule has 1 rings (SSSR count). The Balaban J connectivity index is 2.24. The minimum Gasteiger partial charge on any atom is -0.480 e. The van der Waals surface area contributed by atoms with Gasteiger partial charge in [-0.15, -0.1) is 0 Å². The summed E-state index contributed by atoms with van der Waals surface area (Å²) in [5.41, 5.74) is 4.99. The van der Waals surface area contributed by atoms with Crippen LogP contribution in [0.5, 0.6) is 0 Å². The molecule has 0 spiro atoms. The number of aliphatic carboxylic acids is 1. The van der Waals surface area contributed by atoms with Crippen molar-refractivity contribution in [1.82, 2.24) is 15.7 Å². The third-order valence-electron chi connectivity index (χ3n) is 1.93. The van der Waals surface area contributed by atoms with Crippen molar-refractivity contribution in [3.8, 4) is 0 Å². The second-order valence-electron chi connectivity index (χ2n) is 3.33. The molecular formula is C10H14N4O3. The van der Waals surface area contributed by atoms with Crippen LogP contribution in [0.15, 0.2) is 24.4 Å². The molecule has 0 bridgehead atoms. The maximum absolute atomic E-state index is 11.3. The zero-order valence-corrected chi connectivity index (χ0v) is 9.30. The highest BCUT2D eigenvalue weighted by atomic mass is 16.4. The molecule has 0 saturated carbocycles. The van der Waals surface area contributed by atoms with Crippen molar-refractivity contribution in [2.24, 2.45) is 0 Å². The number of carbonyl (C=O) groups excluding carboxylic acids is 1. The zero-order valence-electron chi connectivity index (χ0n) is 9.30. The fourth-order valence-corrected chi connectivity index (χ4v) is 0.948. The average molecular weight is 238 g/mol. The number of hydrazine groups is 1. The lowest BCUT2D eigenvalue weighted by atomic mass is 10.3. The van der Waals surface area contributed by atoms with Crippen LogP contribution in [0.3, 0.4) is 0 Å². The molecule has 1 heterocycles. The Morgan fingerprint density at radius 1 is 1.47 bits per heavy atom. The molecule has 92 valence electrons. The number of amides is 1. The number of nitrogens with zero attached hydrogens (tertiary/aromatic N) is 1. The second-order valence-corrected chi connectivity index (χ2v) is 3.33. The van der Waals surface area contributed by atoms with Crippen LogP contribution in [0.1, 0.15) is 6.92 Å². The summed E-state index contributed by atoms with van der Waals surface area (Å²) >= 11 is 0. The lowest BCUT2D eigenvalue weighted by Crippen LogP contribution is -2.43. The largest absolute Gasteiger partial charge is 0.480 e. The standard InChI is InChI=1S/C10H14N4O3/c1-7(10(16)17)12-6-9(15)14-13-8-4-2-3-5-11-8/h2-5,7,12H,6H2,1H3,(H,11,13)(H,14,15)(H,16,17). The molecule has 1 amide bonds. The van der Waals surface area contributed by atoms with E-state index in [-0.39, 0.29) is 12.5 Å². The topological polar surface area (TPSA) is 103 Å². The van der Waals surface area contributed by atoms with Gasteiger partial charge in [0.15, 0.2) is 0 Å². The summed E-state index contributed by atoms with van der Waals surface area (Å²) in [7, 11) is 0. The first-order valence-electron chi connectivity index (χ1n) is 5.01. The molecule has 4 N–H and O–H groups in total. The first-order valence-corrected chi connectivity index (χ1v) is 5.01. The Labute approximate surface area is 98.2 Å². The van der Waals surface area contributed by atoms with Crippen LogP contribution in [0.25, 0.3) is 0 Å². The molecule has 0 aliphatic carbocycles. The summed E-state index contributed by atoms with van der Waals surface area (Å²) in [4.78, 5) is 25.7. The van der Waals surface area contributed by atoms with Crippen molar-refractivity contribution >= 4 is 17.7 Å². The SMILES string of the molecule is CC(NCC(=O)NNc1ccccn1)C(=O)O. The monoisotopic (exact) mass is 238 g/mol. The van der Waals surface area contributed by atoms with Crippen LogP contribution < -0.4 is 16.2 Å². The Kier molecular flexibility index (Phi) is 4.89. The maximum Gasteiger partial charge on any atom is 0.320 e. The molecule has 0 aliphatic heterocycles. The van der Waals surface area contributed by atoms with Gasteiger partial charge in [-0.05, 0) is 19.1 Å². The second kappa shape index (κ2) is 6.44. The number of carboxylic acids is 1. The van der Waals surface area contributed by atoms with Gasteiger partial charge in [-0.25, -0.2) is 4.98 Å². The van der Waals surface area contributed by atoms with Crippen LogP contribution in [0.2, 0.25) is 0 Å². The number of anilines is 1. The number of rotatable bonds is 6. The fourth-order valence-electron chi connectivity index (χ4n) is 0.948. The third-order valence-corrected chi connectivity index (χ3v) is 1.93. The number of carbonyl (C=O) groups is 2. The first-order chi connectivity index (χ1) is 8.09. The van der Waals surface area contributed by atoms with Crippen LogP contribution in [-0.4, -0.2) is 34.6 Å². The van der Waals surface area contributed by atoms with Gasteiger partial charge in [-0.2, -0.15) is 0 Å². The smallest absolute Gasteiger partial charge is 0.320 e. The van der Waals surface area contributed by atoms with Gasteiger partial charge in [0.25, 0.3) is 5.91 Å². The summed E-state index contributed by atoms with van der Waals surface area (Å²) in [5, 5.41) is 11.1. The lowest BCUT2D eigenvalue weighted by molar-refractivity contribution is -0.139. The summed E-state index contributed by atoms with van der Waals surface area (Å²) in [6.07, 6.45) is 1.58. The average Bonchev–Trinajstić information content (AvgIpc) is 2.34. The van der Waals surface area contributed by atoms with E-state index in [1.165, 1.54) is 6.92 Å². The van der Waals surface area contributed by atoms with Gasteiger partial charge in [0, 0.05) is 6.20 Å². The summed E-state index contributed by atoms with van der Waals surface area (Å²) in [5.74, 6) is -0.869. The number of nitrogens with one attached hydrogen (secondary N) is 3. The molecule has 1 aromatic rings. The number of pyridine rings is 1. The van der Waals surface area contributed by atoms with Gasteiger partial charge in [0.05, 0.1) is 6.54 Å². The van der Waals surface area contributed by atoms with Crippen LogP contribution in [0, 0.1) is 0 Å². The van der Waals surface area contributed by atoms with Gasteiger partial charge in [-0.3, -0.25) is 25.8 Å². The van der Waals surface area contributed by atoms with Gasteiger partial charge in [0.2, 0.25) is 0 Å². The Hall–Kier alpha value is -2.15. The van der Waals surface area contributed by atoms with Gasteiger partial charge in [-0.1, -0.05) is 6.07 Å². The van der Waals surface area contributed by atoms with Crippen LogP contribution in [-0.2, 0) is 9.59 Å². The predicted octanol–water partition coefficient (Wildman–Crippen LogP) is -0.413. The third kappa shape index (κ3) is 4.94. The molecule has 1 atom stereocenters. The van der Waals surface area contributed by atoms with Crippen LogP contribution in [0.4, 0.5) is 5.82 Å². The van der Waals surface area contributed by atoms with E-state index in [9.17, 15) is 9.59 Å². The summed E-state index contributed by atoms with van der Waals surface area (Å²) < 4.78 is 0. The molecule has 7 nitrogen and oxygen atoms in total. The van der Waals surface area contributed by atoms with E-state index in [2.05, 4.69) is 21.2 Å². The van der Waals surface area contributed by atoms with Crippen LogP contribution >= 0.6 is 0 Å². The van der Waals surface area contributed by atoms with Crippen molar-refractivity contribution in [1.29, 1.82) is 0 Å². The molecule has 0 fully saturated rings. The van der Waals surface area contributed by atoms with Gasteiger partial charge < -0.3 is 5.11 Å². The lowest BCUT2D eigenvalue weighted by Gasteiger charge is -2.10. The molecule has 17 heavy (non-hydrogen) atoms. The quantitative estimate of drug-likeness (QED) is 0.502. The maximum atomic E-state index is 11.3. The van der Waals surface area contributed by atoms with E-state index < -0.39 is 12.0 Å². The number of hydrogen-bond acceptors (Lipinski definition) is 5. The predicted molar refractivity (Wildman–Crippen MR) is 61.1 cm³/mol. The molecule has 0 aromatic carbocycles. The molecular weight excluding hydrogens is 224 g/mol. The van der Waals surface area contributed by atoms with E-state index in [1.807, 2.05) is 0 Å². The zero-order chi connectivity index (χ0) is 12.7. The van der Waals surface area contributed by atoms with Crippen molar-refractivity contribution in [2.45, 2.75) is 13.0 Å². The minimum atomic E-state index is -1.00. The van der Waals surface area contributed by atoms with Crippen molar-refractivity contribution in [3.05, 3.63) is 24.4 Å². The van der Waals surface area contributed by atoms with E-state index in [0.29, 0.717) is 5.82 Å².